The molecule has 0 radical (unpaired) electrons. The van der Waals surface area contributed by atoms with Crippen LogP contribution in [-0.2, 0) is 30.7 Å². The maximum atomic E-state index is 13.3. The molecule has 3 aromatic carbocycles. The van der Waals surface area contributed by atoms with E-state index in [1.54, 1.807) is 17.0 Å². The van der Waals surface area contributed by atoms with Crippen molar-refractivity contribution in [2.45, 2.75) is 29.9 Å². The van der Waals surface area contributed by atoms with Gasteiger partial charge in [-0.25, -0.2) is 8.42 Å². The number of aliphatic hydroxyl groups excluding tert-OH is 1. The predicted octanol–water partition coefficient (Wildman–Crippen LogP) is 3.52. The molecule has 1 N–H and O–H groups in total. The third-order valence-corrected chi connectivity index (χ3v) is 9.85. The topological polar surface area (TPSA) is 105 Å². The van der Waals surface area contributed by atoms with Crippen molar-refractivity contribution in [3.8, 4) is 16.9 Å². The lowest BCUT2D eigenvalue weighted by Gasteiger charge is -2.30. The summed E-state index contributed by atoms with van der Waals surface area (Å²) in [5.41, 5.74) is 6.15. The van der Waals surface area contributed by atoms with Gasteiger partial charge in [-0.1, -0.05) is 42.5 Å². The van der Waals surface area contributed by atoms with E-state index in [0.29, 0.717) is 25.3 Å². The molecular weight excluding hydrogens is 556 g/mol. The molecule has 220 valence electrons. The fourth-order valence-corrected chi connectivity index (χ4v) is 7.01. The Morgan fingerprint density at radius 1 is 1.02 bits per heavy atom. The van der Waals surface area contributed by atoms with Crippen LogP contribution in [0.25, 0.3) is 11.1 Å². The molecular formula is C32H34N2O7S. The van der Waals surface area contributed by atoms with Gasteiger partial charge in [-0.15, -0.1) is 0 Å². The molecule has 2 heterocycles. The van der Waals surface area contributed by atoms with Crippen molar-refractivity contribution in [2.24, 2.45) is 0 Å². The van der Waals surface area contributed by atoms with E-state index < -0.39 is 16.3 Å². The number of aliphatic hydroxyl groups is 1. The highest BCUT2D eigenvalue weighted by Crippen LogP contribution is 2.40. The summed E-state index contributed by atoms with van der Waals surface area (Å²) in [7, 11) is -2.37. The Labute approximate surface area is 246 Å². The number of allylic oxidation sites excluding steroid dienone is 1. The number of ether oxygens (including phenoxy) is 3. The Morgan fingerprint density at radius 3 is 2.52 bits per heavy atom. The number of methoxy groups -OCH3 is 1. The highest BCUT2D eigenvalue weighted by Gasteiger charge is 2.35. The fourth-order valence-electron chi connectivity index (χ4n) is 5.59. The lowest BCUT2D eigenvalue weighted by Crippen LogP contribution is -2.37. The van der Waals surface area contributed by atoms with Crippen LogP contribution in [0.3, 0.4) is 0 Å². The van der Waals surface area contributed by atoms with Gasteiger partial charge in [-0.05, 0) is 64.6 Å². The Kier molecular flexibility index (Phi) is 8.04. The normalized spacial score (nSPS) is 19.1. The summed E-state index contributed by atoms with van der Waals surface area (Å²) in [6.45, 7) is 1.02. The summed E-state index contributed by atoms with van der Waals surface area (Å²) in [4.78, 5) is 14.8. The zero-order chi connectivity index (χ0) is 29.3. The second-order valence-electron chi connectivity index (χ2n) is 10.6. The summed E-state index contributed by atoms with van der Waals surface area (Å²) in [5, 5.41) is 9.57. The fraction of sp³-hybridized carbons (Fsp3) is 0.344. The van der Waals surface area contributed by atoms with Gasteiger partial charge in [-0.2, -0.15) is 4.31 Å². The van der Waals surface area contributed by atoms with Crippen molar-refractivity contribution >= 4 is 15.9 Å². The van der Waals surface area contributed by atoms with E-state index in [0.717, 1.165) is 12.0 Å². The summed E-state index contributed by atoms with van der Waals surface area (Å²) in [6.07, 6.45) is 2.50. The SMILES string of the molecule is COc1ccc(S(=O)(=O)N(CCO)CCO[C@@H]2C[C@H](c3ccc4c(c3)Cc3ccccc3-4)C=C(C(=O)N3CC3)O2)cc1. The molecule has 1 aliphatic carbocycles. The molecule has 0 saturated carbocycles. The lowest BCUT2D eigenvalue weighted by molar-refractivity contribution is -0.149. The van der Waals surface area contributed by atoms with Gasteiger partial charge in [0.1, 0.15) is 5.75 Å². The number of carbonyl (C=O) groups excluding carboxylic acids is 1. The van der Waals surface area contributed by atoms with Gasteiger partial charge in [0.15, 0.2) is 5.76 Å². The highest BCUT2D eigenvalue weighted by atomic mass is 32.2. The second kappa shape index (κ2) is 11.9. The van der Waals surface area contributed by atoms with Crippen LogP contribution in [0.1, 0.15) is 29.0 Å². The molecule has 42 heavy (non-hydrogen) atoms. The van der Waals surface area contributed by atoms with E-state index in [1.165, 1.54) is 45.8 Å². The van der Waals surface area contributed by atoms with E-state index in [9.17, 15) is 18.3 Å². The summed E-state index contributed by atoms with van der Waals surface area (Å²) < 4.78 is 44.9. The number of rotatable bonds is 11. The Morgan fingerprint density at radius 2 is 1.79 bits per heavy atom. The van der Waals surface area contributed by atoms with Crippen LogP contribution in [0.2, 0.25) is 0 Å². The zero-order valence-electron chi connectivity index (χ0n) is 23.4. The number of benzene rings is 3. The summed E-state index contributed by atoms with van der Waals surface area (Å²) >= 11 is 0. The molecule has 6 rings (SSSR count). The van der Waals surface area contributed by atoms with Crippen molar-refractivity contribution in [3.63, 3.8) is 0 Å². The molecule has 1 amide bonds. The van der Waals surface area contributed by atoms with Gasteiger partial charge < -0.3 is 24.2 Å². The molecule has 0 spiro atoms. The molecule has 3 aromatic rings. The summed E-state index contributed by atoms with van der Waals surface area (Å²) in [6, 6.07) is 21.0. The highest BCUT2D eigenvalue weighted by molar-refractivity contribution is 7.89. The monoisotopic (exact) mass is 590 g/mol. The van der Waals surface area contributed by atoms with Crippen LogP contribution in [0.15, 0.2) is 83.5 Å². The first kappa shape index (κ1) is 28.4. The van der Waals surface area contributed by atoms with Crippen LogP contribution >= 0.6 is 0 Å². The smallest absolute Gasteiger partial charge is 0.288 e. The molecule has 2 aliphatic heterocycles. The van der Waals surface area contributed by atoms with Gasteiger partial charge >= 0.3 is 0 Å². The van der Waals surface area contributed by atoms with E-state index in [2.05, 4.69) is 42.5 Å². The Balaban J connectivity index is 1.17. The van der Waals surface area contributed by atoms with Gasteiger partial charge in [-0.3, -0.25) is 4.79 Å². The molecule has 10 heteroatoms. The number of carbonyl (C=O) groups is 1. The third-order valence-electron chi connectivity index (χ3n) is 7.94. The number of nitrogens with zero attached hydrogens (tertiary/aromatic N) is 2. The number of fused-ring (bicyclic) bond motifs is 3. The average molecular weight is 591 g/mol. The quantitative estimate of drug-likeness (QED) is 0.267. The first-order chi connectivity index (χ1) is 20.4. The van der Waals surface area contributed by atoms with Crippen molar-refractivity contribution in [2.75, 3.05) is 46.5 Å². The van der Waals surface area contributed by atoms with Crippen molar-refractivity contribution in [1.29, 1.82) is 0 Å². The first-order valence-electron chi connectivity index (χ1n) is 14.1. The number of amides is 1. The molecule has 0 unspecified atom stereocenters. The van der Waals surface area contributed by atoms with Crippen molar-refractivity contribution in [3.05, 3.63) is 95.3 Å². The Hall–Kier alpha value is -3.70. The zero-order valence-corrected chi connectivity index (χ0v) is 24.3. The predicted molar refractivity (Wildman–Crippen MR) is 156 cm³/mol. The van der Waals surface area contributed by atoms with Crippen LogP contribution in [-0.4, -0.2) is 81.4 Å². The minimum atomic E-state index is -3.88. The first-order valence-corrected chi connectivity index (χ1v) is 15.6. The van der Waals surface area contributed by atoms with E-state index in [-0.39, 0.29) is 48.8 Å². The van der Waals surface area contributed by atoms with E-state index in [1.807, 2.05) is 6.08 Å². The molecule has 2 atom stereocenters. The van der Waals surface area contributed by atoms with Crippen molar-refractivity contribution in [1.82, 2.24) is 9.21 Å². The van der Waals surface area contributed by atoms with Gasteiger partial charge in [0.25, 0.3) is 5.91 Å². The minimum Gasteiger partial charge on any atom is -0.497 e. The van der Waals surface area contributed by atoms with Crippen LogP contribution < -0.4 is 4.74 Å². The number of hydrogen-bond donors (Lipinski definition) is 1. The maximum Gasteiger partial charge on any atom is 0.288 e. The van der Waals surface area contributed by atoms with E-state index in [4.69, 9.17) is 14.2 Å². The van der Waals surface area contributed by atoms with Crippen LogP contribution in [0, 0.1) is 0 Å². The molecule has 0 aromatic heterocycles. The summed E-state index contributed by atoms with van der Waals surface area (Å²) in [5.74, 6) is 0.540. The molecule has 1 fully saturated rings. The number of hydrogen-bond acceptors (Lipinski definition) is 7. The molecule has 0 bridgehead atoms. The lowest BCUT2D eigenvalue weighted by atomic mass is 9.90. The Bertz CT molecular complexity index is 1600. The van der Waals surface area contributed by atoms with Gasteiger partial charge in [0, 0.05) is 38.5 Å². The largest absolute Gasteiger partial charge is 0.497 e. The van der Waals surface area contributed by atoms with Gasteiger partial charge in [0.2, 0.25) is 16.3 Å². The average Bonchev–Trinajstić information content (AvgIpc) is 3.80. The van der Waals surface area contributed by atoms with Crippen LogP contribution in [0.4, 0.5) is 0 Å². The van der Waals surface area contributed by atoms with Gasteiger partial charge in [0.05, 0.1) is 25.2 Å². The maximum absolute atomic E-state index is 13.3. The molecule has 9 nitrogen and oxygen atoms in total. The van der Waals surface area contributed by atoms with Crippen LogP contribution in [0.5, 0.6) is 5.75 Å². The number of sulfonamides is 1. The van der Waals surface area contributed by atoms with Crippen molar-refractivity contribution < 1.29 is 32.5 Å². The molecule has 1 saturated heterocycles. The minimum absolute atomic E-state index is 0.00960. The van der Waals surface area contributed by atoms with E-state index >= 15 is 0 Å². The molecule has 3 aliphatic rings. The third kappa shape index (κ3) is 5.80. The standard InChI is InChI=1S/C32H34N2O7S/c1-39-26-7-9-27(10-8-26)42(37,38)34(14-16-35)15-17-40-31-21-24(20-30(41-31)32(36)33-12-13-33)22-6-11-29-25(18-22)19-23-4-2-3-5-28(23)29/h2-11,18,20,24,31,35H,12-17,19,21H2,1H3/t24-,31+/m1/s1. The second-order valence-corrected chi connectivity index (χ2v) is 12.6.